The molecule has 0 aromatic rings. The molecule has 19 heavy (non-hydrogen) atoms. The molecule has 1 saturated heterocycles. The zero-order valence-corrected chi connectivity index (χ0v) is 11.8. The predicted octanol–water partition coefficient (Wildman–Crippen LogP) is -0.650. The third-order valence-corrected chi connectivity index (χ3v) is 3.15. The molecule has 2 unspecified atom stereocenters. The highest BCUT2D eigenvalue weighted by Gasteiger charge is 2.34. The molecule has 1 aliphatic heterocycles. The van der Waals surface area contributed by atoms with Crippen molar-refractivity contribution >= 4 is 11.8 Å². The lowest BCUT2D eigenvalue weighted by molar-refractivity contribution is -0.129. The molecule has 0 aliphatic carbocycles. The smallest absolute Gasteiger partial charge is 0.225 e. The van der Waals surface area contributed by atoms with Crippen LogP contribution < -0.4 is 5.32 Å². The van der Waals surface area contributed by atoms with Crippen molar-refractivity contribution < 1.29 is 19.8 Å². The van der Waals surface area contributed by atoms with Crippen LogP contribution in [0.15, 0.2) is 0 Å². The van der Waals surface area contributed by atoms with Gasteiger partial charge in [0.15, 0.2) is 0 Å². The third kappa shape index (κ3) is 4.80. The first-order valence-electron chi connectivity index (χ1n) is 6.64. The van der Waals surface area contributed by atoms with Crippen LogP contribution in [-0.4, -0.2) is 58.8 Å². The van der Waals surface area contributed by atoms with E-state index in [2.05, 4.69) is 5.32 Å². The fraction of sp³-hybridized carbons (Fsp3) is 0.846. The Kier molecular flexibility index (Phi) is 5.31. The minimum Gasteiger partial charge on any atom is -0.393 e. The third-order valence-electron chi connectivity index (χ3n) is 3.15. The van der Waals surface area contributed by atoms with Crippen molar-refractivity contribution in [1.82, 2.24) is 10.2 Å². The molecule has 2 amide bonds. The molecular formula is C13H24N2O4. The van der Waals surface area contributed by atoms with Crippen molar-refractivity contribution in [2.24, 2.45) is 11.8 Å². The van der Waals surface area contributed by atoms with Gasteiger partial charge in [0.05, 0.1) is 12.5 Å². The van der Waals surface area contributed by atoms with E-state index in [1.807, 2.05) is 13.8 Å². The first kappa shape index (κ1) is 15.9. The maximum absolute atomic E-state index is 11.9. The van der Waals surface area contributed by atoms with Gasteiger partial charge in [0, 0.05) is 26.1 Å². The molecule has 0 saturated carbocycles. The minimum absolute atomic E-state index is 0.00256. The molecule has 0 aromatic heterocycles. The van der Waals surface area contributed by atoms with Crippen molar-refractivity contribution in [3.8, 4) is 0 Å². The van der Waals surface area contributed by atoms with Gasteiger partial charge in [0.2, 0.25) is 11.8 Å². The Bertz CT molecular complexity index is 342. The maximum Gasteiger partial charge on any atom is 0.225 e. The Labute approximate surface area is 113 Å². The zero-order valence-electron chi connectivity index (χ0n) is 11.8. The van der Waals surface area contributed by atoms with E-state index in [0.717, 1.165) is 0 Å². The number of hydrogen-bond acceptors (Lipinski definition) is 4. The number of rotatable bonds is 6. The Morgan fingerprint density at radius 1 is 1.58 bits per heavy atom. The summed E-state index contributed by atoms with van der Waals surface area (Å²) < 4.78 is 0. The number of nitrogens with one attached hydrogen (secondary N) is 1. The Morgan fingerprint density at radius 3 is 2.74 bits per heavy atom. The predicted molar refractivity (Wildman–Crippen MR) is 70.2 cm³/mol. The van der Waals surface area contributed by atoms with Crippen molar-refractivity contribution in [2.45, 2.75) is 32.8 Å². The Balaban J connectivity index is 2.45. The first-order chi connectivity index (χ1) is 8.75. The molecule has 0 bridgehead atoms. The topological polar surface area (TPSA) is 89.9 Å². The summed E-state index contributed by atoms with van der Waals surface area (Å²) in [5.74, 6) is -0.224. The van der Waals surface area contributed by atoms with E-state index < -0.39 is 12.2 Å². The molecular weight excluding hydrogens is 248 g/mol. The normalized spacial score (nSPS) is 22.7. The van der Waals surface area contributed by atoms with Gasteiger partial charge in [-0.25, -0.2) is 0 Å². The zero-order chi connectivity index (χ0) is 14.6. The van der Waals surface area contributed by atoms with E-state index in [4.69, 9.17) is 5.11 Å². The van der Waals surface area contributed by atoms with E-state index in [-0.39, 0.29) is 30.7 Å². The molecule has 6 nitrogen and oxygen atoms in total. The summed E-state index contributed by atoms with van der Waals surface area (Å²) in [4.78, 5) is 25.3. The molecule has 3 N–H and O–H groups in total. The van der Waals surface area contributed by atoms with Crippen molar-refractivity contribution in [1.29, 1.82) is 0 Å². The van der Waals surface area contributed by atoms with Crippen molar-refractivity contribution in [3.63, 3.8) is 0 Å². The van der Waals surface area contributed by atoms with Crippen LogP contribution in [0, 0.1) is 11.8 Å². The van der Waals surface area contributed by atoms with E-state index in [1.54, 1.807) is 4.90 Å². The summed E-state index contributed by atoms with van der Waals surface area (Å²) in [7, 11) is 0. The summed E-state index contributed by atoms with van der Waals surface area (Å²) in [5, 5.41) is 21.1. The quantitative estimate of drug-likeness (QED) is 0.599. The standard InChI is InChI=1S/C13H24N2O4/c1-9(2)5-15-6-10(4-11(15)17)12(18)14-7-13(3,19)8-16/h9-10,16,19H,4-8H2,1-3H3,(H,14,18). The highest BCUT2D eigenvalue weighted by atomic mass is 16.3. The SMILES string of the molecule is CC(C)CN1CC(C(=O)NCC(C)(O)CO)CC1=O. The van der Waals surface area contributed by atoms with Gasteiger partial charge in [-0.15, -0.1) is 0 Å². The van der Waals surface area contributed by atoms with Gasteiger partial charge in [-0.2, -0.15) is 0 Å². The molecule has 6 heteroatoms. The number of likely N-dealkylation sites (tertiary alicyclic amines) is 1. The van der Waals surface area contributed by atoms with Gasteiger partial charge in [0.25, 0.3) is 0 Å². The molecule has 1 rings (SSSR count). The average Bonchev–Trinajstić information content (AvgIpc) is 2.67. The van der Waals surface area contributed by atoms with Crippen LogP contribution in [0.2, 0.25) is 0 Å². The lowest BCUT2D eigenvalue weighted by Gasteiger charge is -2.22. The maximum atomic E-state index is 11.9. The number of aliphatic hydroxyl groups is 2. The van der Waals surface area contributed by atoms with Gasteiger partial charge in [-0.3, -0.25) is 9.59 Å². The van der Waals surface area contributed by atoms with Gasteiger partial charge >= 0.3 is 0 Å². The molecule has 1 aliphatic rings. The molecule has 1 fully saturated rings. The minimum atomic E-state index is -1.32. The number of hydrogen-bond donors (Lipinski definition) is 3. The number of carbonyl (C=O) groups is 2. The van der Waals surface area contributed by atoms with Crippen LogP contribution in [0.5, 0.6) is 0 Å². The van der Waals surface area contributed by atoms with Crippen molar-refractivity contribution in [3.05, 3.63) is 0 Å². The summed E-state index contributed by atoms with van der Waals surface area (Å²) in [5.41, 5.74) is -1.32. The highest BCUT2D eigenvalue weighted by molar-refractivity contribution is 5.89. The molecule has 110 valence electrons. The van der Waals surface area contributed by atoms with Crippen LogP contribution in [0.4, 0.5) is 0 Å². The van der Waals surface area contributed by atoms with Gasteiger partial charge in [-0.05, 0) is 12.8 Å². The van der Waals surface area contributed by atoms with Crippen LogP contribution in [0.1, 0.15) is 27.2 Å². The van der Waals surface area contributed by atoms with Gasteiger partial charge in [0.1, 0.15) is 5.60 Å². The summed E-state index contributed by atoms with van der Waals surface area (Å²) in [6, 6.07) is 0. The molecule has 2 atom stereocenters. The van der Waals surface area contributed by atoms with Crippen LogP contribution in [0.3, 0.4) is 0 Å². The second-order valence-corrected chi connectivity index (χ2v) is 5.97. The summed E-state index contributed by atoms with van der Waals surface area (Å²) in [6.45, 7) is 6.16. The Hall–Kier alpha value is -1.14. The number of nitrogens with zero attached hydrogens (tertiary/aromatic N) is 1. The van der Waals surface area contributed by atoms with E-state index in [1.165, 1.54) is 6.92 Å². The summed E-state index contributed by atoms with van der Waals surface area (Å²) in [6.07, 6.45) is 0.222. The first-order valence-corrected chi connectivity index (χ1v) is 6.64. The summed E-state index contributed by atoms with van der Waals surface area (Å²) >= 11 is 0. The van der Waals surface area contributed by atoms with E-state index in [9.17, 15) is 14.7 Å². The van der Waals surface area contributed by atoms with Gasteiger partial charge < -0.3 is 20.4 Å². The van der Waals surface area contributed by atoms with E-state index in [0.29, 0.717) is 19.0 Å². The second kappa shape index (κ2) is 6.34. The fourth-order valence-corrected chi connectivity index (χ4v) is 2.04. The number of amides is 2. The molecule has 0 spiro atoms. The molecule has 1 heterocycles. The highest BCUT2D eigenvalue weighted by Crippen LogP contribution is 2.19. The largest absolute Gasteiger partial charge is 0.393 e. The van der Waals surface area contributed by atoms with Crippen LogP contribution >= 0.6 is 0 Å². The second-order valence-electron chi connectivity index (χ2n) is 5.97. The Morgan fingerprint density at radius 2 is 2.21 bits per heavy atom. The molecule has 0 radical (unpaired) electrons. The van der Waals surface area contributed by atoms with Crippen LogP contribution in [-0.2, 0) is 9.59 Å². The lowest BCUT2D eigenvalue weighted by atomic mass is 10.1. The monoisotopic (exact) mass is 272 g/mol. The average molecular weight is 272 g/mol. The van der Waals surface area contributed by atoms with Gasteiger partial charge in [-0.1, -0.05) is 13.8 Å². The van der Waals surface area contributed by atoms with Crippen LogP contribution in [0.25, 0.3) is 0 Å². The van der Waals surface area contributed by atoms with Crippen molar-refractivity contribution in [2.75, 3.05) is 26.2 Å². The lowest BCUT2D eigenvalue weighted by Crippen LogP contribution is -2.45. The molecule has 0 aromatic carbocycles. The number of carbonyl (C=O) groups excluding carboxylic acids is 2. The fourth-order valence-electron chi connectivity index (χ4n) is 2.04. The number of aliphatic hydroxyl groups excluding tert-OH is 1. The van der Waals surface area contributed by atoms with E-state index >= 15 is 0 Å².